The van der Waals surface area contributed by atoms with Crippen molar-refractivity contribution in [1.82, 2.24) is 10.6 Å². The Hall–Kier alpha value is -3.17. The topological polar surface area (TPSA) is 137 Å². The Labute approximate surface area is 155 Å². The van der Waals surface area contributed by atoms with Crippen LogP contribution >= 0.6 is 0 Å². The van der Waals surface area contributed by atoms with Gasteiger partial charge in [-0.15, -0.1) is 0 Å². The zero-order chi connectivity index (χ0) is 20.0. The van der Waals surface area contributed by atoms with E-state index in [0.29, 0.717) is 6.42 Å². The second-order valence-corrected chi connectivity index (χ2v) is 6.16. The molecule has 1 saturated heterocycles. The third-order valence-corrected chi connectivity index (χ3v) is 4.23. The number of carbonyl (C=O) groups excluding carboxylic acids is 3. The Morgan fingerprint density at radius 1 is 1.33 bits per heavy atom. The number of amides is 2. The number of hydrogen-bond acceptors (Lipinski definition) is 7. The molecule has 2 amide bonds. The van der Waals surface area contributed by atoms with Gasteiger partial charge in [-0.1, -0.05) is 12.1 Å². The number of ether oxygens (including phenoxy) is 2. The van der Waals surface area contributed by atoms with Crippen LogP contribution in [0.15, 0.2) is 24.3 Å². The van der Waals surface area contributed by atoms with Gasteiger partial charge in [0, 0.05) is 31.5 Å². The number of nitro benzene ring substituents is 1. The molecule has 0 saturated carbocycles. The molecule has 3 atom stereocenters. The van der Waals surface area contributed by atoms with Crippen molar-refractivity contribution >= 4 is 23.7 Å². The maximum absolute atomic E-state index is 12.0. The fourth-order valence-electron chi connectivity index (χ4n) is 2.88. The van der Waals surface area contributed by atoms with E-state index in [1.165, 1.54) is 25.1 Å². The number of nitrogens with one attached hydrogen (secondary N) is 2. The fraction of sp³-hybridized carbons (Fsp3) is 0.471. The molecule has 1 aromatic carbocycles. The van der Waals surface area contributed by atoms with Gasteiger partial charge in [-0.2, -0.15) is 0 Å². The molecule has 0 spiro atoms. The lowest BCUT2D eigenvalue weighted by atomic mass is 9.83. The Morgan fingerprint density at radius 2 is 2.04 bits per heavy atom. The molecule has 2 N–H and O–H groups in total. The first-order valence-electron chi connectivity index (χ1n) is 8.39. The molecule has 0 bridgehead atoms. The van der Waals surface area contributed by atoms with Gasteiger partial charge < -0.3 is 20.1 Å². The summed E-state index contributed by atoms with van der Waals surface area (Å²) < 4.78 is 9.89. The van der Waals surface area contributed by atoms with Gasteiger partial charge in [-0.05, 0) is 13.0 Å². The molecule has 1 aromatic rings. The molecule has 1 heterocycles. The quantitative estimate of drug-likeness (QED) is 0.300. The molecule has 3 unspecified atom stereocenters. The average molecular weight is 379 g/mol. The minimum Gasteiger partial charge on any atom is -0.466 e. The highest BCUT2D eigenvalue weighted by molar-refractivity contribution is 5.87. The summed E-state index contributed by atoms with van der Waals surface area (Å²) >= 11 is 0. The molecule has 0 aliphatic carbocycles. The first-order chi connectivity index (χ1) is 12.8. The molecule has 2 rings (SSSR count). The van der Waals surface area contributed by atoms with Crippen molar-refractivity contribution in [3.8, 4) is 0 Å². The summed E-state index contributed by atoms with van der Waals surface area (Å²) in [5, 5.41) is 16.2. The Balaban J connectivity index is 1.83. The van der Waals surface area contributed by atoms with Crippen molar-refractivity contribution in [1.29, 1.82) is 0 Å². The van der Waals surface area contributed by atoms with E-state index in [1.54, 1.807) is 13.0 Å². The summed E-state index contributed by atoms with van der Waals surface area (Å²) in [7, 11) is 0. The second kappa shape index (κ2) is 8.97. The second-order valence-electron chi connectivity index (χ2n) is 6.16. The van der Waals surface area contributed by atoms with Crippen LogP contribution in [-0.2, 0) is 25.7 Å². The van der Waals surface area contributed by atoms with Crippen LogP contribution in [-0.4, -0.2) is 41.6 Å². The highest BCUT2D eigenvalue weighted by atomic mass is 16.6. The number of para-hydroxylation sites is 1. The van der Waals surface area contributed by atoms with Crippen molar-refractivity contribution in [3.05, 3.63) is 39.9 Å². The number of benzene rings is 1. The van der Waals surface area contributed by atoms with Gasteiger partial charge in [0.15, 0.2) is 0 Å². The molecule has 10 nitrogen and oxygen atoms in total. The minimum atomic E-state index is -0.779. The first kappa shape index (κ1) is 20.1. The fourth-order valence-corrected chi connectivity index (χ4v) is 2.88. The van der Waals surface area contributed by atoms with Crippen molar-refractivity contribution in [2.45, 2.75) is 39.0 Å². The number of carbonyl (C=O) groups is 3. The summed E-state index contributed by atoms with van der Waals surface area (Å²) in [5.74, 6) is -1.09. The number of esters is 1. The highest BCUT2D eigenvalue weighted by Gasteiger charge is 2.43. The summed E-state index contributed by atoms with van der Waals surface area (Å²) in [4.78, 5) is 44.9. The van der Waals surface area contributed by atoms with Crippen LogP contribution in [0.3, 0.4) is 0 Å². The maximum atomic E-state index is 12.0. The molecular formula is C17H21N3O7. The first-order valence-corrected chi connectivity index (χ1v) is 8.39. The van der Waals surface area contributed by atoms with E-state index in [0.717, 1.165) is 0 Å². The van der Waals surface area contributed by atoms with Crippen LogP contribution in [0, 0.1) is 16.0 Å². The third kappa shape index (κ3) is 5.40. The summed E-state index contributed by atoms with van der Waals surface area (Å²) in [6.07, 6.45) is -0.341. The smallest absolute Gasteiger partial charge is 0.407 e. The largest absolute Gasteiger partial charge is 0.466 e. The van der Waals surface area contributed by atoms with E-state index >= 15 is 0 Å². The molecule has 1 aliphatic heterocycles. The Bertz CT molecular complexity index is 737. The molecule has 0 aromatic heterocycles. The molecular weight excluding hydrogens is 358 g/mol. The Morgan fingerprint density at radius 3 is 2.67 bits per heavy atom. The predicted molar refractivity (Wildman–Crippen MR) is 92.5 cm³/mol. The van der Waals surface area contributed by atoms with Crippen molar-refractivity contribution in [2.75, 3.05) is 6.61 Å². The monoisotopic (exact) mass is 379 g/mol. The zero-order valence-corrected chi connectivity index (χ0v) is 15.0. The van der Waals surface area contributed by atoms with E-state index in [4.69, 9.17) is 9.47 Å². The lowest BCUT2D eigenvalue weighted by molar-refractivity contribution is -0.385. The van der Waals surface area contributed by atoms with Crippen LogP contribution in [0.2, 0.25) is 0 Å². The number of hydrogen-bond donors (Lipinski definition) is 2. The summed E-state index contributed by atoms with van der Waals surface area (Å²) in [5.41, 5.74) is 0.133. The van der Waals surface area contributed by atoms with Crippen molar-refractivity contribution < 1.29 is 28.8 Å². The average Bonchev–Trinajstić information content (AvgIpc) is 2.58. The molecule has 1 fully saturated rings. The maximum Gasteiger partial charge on any atom is 0.407 e. The number of nitro groups is 1. The van der Waals surface area contributed by atoms with Gasteiger partial charge in [-0.25, -0.2) is 4.79 Å². The normalized spacial score (nSPS) is 19.3. The zero-order valence-electron chi connectivity index (χ0n) is 15.0. The van der Waals surface area contributed by atoms with Gasteiger partial charge >= 0.3 is 12.1 Å². The predicted octanol–water partition coefficient (Wildman–Crippen LogP) is 1.28. The van der Waals surface area contributed by atoms with Crippen LogP contribution in [0.4, 0.5) is 10.5 Å². The van der Waals surface area contributed by atoms with Crippen LogP contribution in [0.25, 0.3) is 0 Å². The van der Waals surface area contributed by atoms with E-state index in [-0.39, 0.29) is 36.4 Å². The molecule has 0 radical (unpaired) electrons. The molecule has 10 heteroatoms. The lowest BCUT2D eigenvalue weighted by Gasteiger charge is -2.40. The lowest BCUT2D eigenvalue weighted by Crippen LogP contribution is -2.65. The van der Waals surface area contributed by atoms with Crippen LogP contribution in [0.5, 0.6) is 0 Å². The van der Waals surface area contributed by atoms with Gasteiger partial charge in [0.2, 0.25) is 5.91 Å². The number of nitrogens with zero attached hydrogens (tertiary/aromatic N) is 1. The third-order valence-electron chi connectivity index (χ3n) is 4.23. The van der Waals surface area contributed by atoms with Crippen LogP contribution < -0.4 is 10.6 Å². The highest BCUT2D eigenvalue weighted by Crippen LogP contribution is 2.22. The number of rotatable bonds is 8. The van der Waals surface area contributed by atoms with E-state index in [2.05, 4.69) is 10.6 Å². The van der Waals surface area contributed by atoms with Gasteiger partial charge in [0.1, 0.15) is 6.61 Å². The molecule has 1 aliphatic rings. The van der Waals surface area contributed by atoms with Crippen molar-refractivity contribution in [2.24, 2.45) is 5.92 Å². The van der Waals surface area contributed by atoms with E-state index < -0.39 is 28.9 Å². The van der Waals surface area contributed by atoms with Gasteiger partial charge in [0.25, 0.3) is 5.69 Å². The van der Waals surface area contributed by atoms with Crippen molar-refractivity contribution in [3.63, 3.8) is 0 Å². The summed E-state index contributed by atoms with van der Waals surface area (Å²) in [6, 6.07) is 5.22. The van der Waals surface area contributed by atoms with E-state index in [9.17, 15) is 24.5 Å². The minimum absolute atomic E-state index is 0.137. The Kier molecular flexibility index (Phi) is 6.69. The molecule has 146 valence electrons. The standard InChI is InChI=1S/C17H21N3O7/c1-10(15-13(19-16(15)22)7-8-26-11(2)21)18-17(23)27-9-12-5-3-4-6-14(12)20(24)25/h3-6,10,13,15H,7-9H2,1-2H3,(H,18,23)(H,19,22). The van der Waals surface area contributed by atoms with E-state index in [1.807, 2.05) is 0 Å². The van der Waals surface area contributed by atoms with Crippen LogP contribution in [0.1, 0.15) is 25.8 Å². The summed E-state index contributed by atoms with van der Waals surface area (Å²) in [6.45, 7) is 2.87. The van der Waals surface area contributed by atoms with Gasteiger partial charge in [-0.3, -0.25) is 19.7 Å². The number of alkyl carbamates (subject to hydrolysis) is 1. The molecule has 27 heavy (non-hydrogen) atoms. The number of β-lactam (4-membered cyclic amide) rings is 1. The SMILES string of the molecule is CC(=O)OCCC1NC(=O)C1C(C)NC(=O)OCc1ccccc1[N+](=O)[O-]. The van der Waals surface area contributed by atoms with Gasteiger partial charge in [0.05, 0.1) is 23.0 Å².